The van der Waals surface area contributed by atoms with Gasteiger partial charge in [0.15, 0.2) is 0 Å². The first-order valence-electron chi connectivity index (χ1n) is 7.86. The summed E-state index contributed by atoms with van der Waals surface area (Å²) in [6.45, 7) is 4.33. The Morgan fingerprint density at radius 1 is 1.33 bits per heavy atom. The van der Waals surface area contributed by atoms with Crippen molar-refractivity contribution in [1.29, 1.82) is 0 Å². The van der Waals surface area contributed by atoms with Crippen LogP contribution in [0.2, 0.25) is 0 Å². The third-order valence-corrected chi connectivity index (χ3v) is 5.29. The van der Waals surface area contributed by atoms with Gasteiger partial charge in [-0.2, -0.15) is 0 Å². The van der Waals surface area contributed by atoms with E-state index in [1.807, 2.05) is 28.5 Å². The van der Waals surface area contributed by atoms with Crippen LogP contribution in [0.15, 0.2) is 22.8 Å². The second-order valence-electron chi connectivity index (χ2n) is 6.39. The number of halogens is 3. The molecule has 1 N–H and O–H groups in total. The average Bonchev–Trinajstić information content (AvgIpc) is 2.85. The number of alkyl halides is 2. The van der Waals surface area contributed by atoms with Crippen molar-refractivity contribution in [2.45, 2.75) is 38.7 Å². The maximum atomic E-state index is 13.4. The zero-order valence-electron chi connectivity index (χ0n) is 13.5. The van der Waals surface area contributed by atoms with Crippen LogP contribution in [0, 0.1) is 6.92 Å². The van der Waals surface area contributed by atoms with Crippen LogP contribution in [0.4, 0.5) is 8.78 Å². The van der Waals surface area contributed by atoms with E-state index in [0.29, 0.717) is 18.7 Å². The highest BCUT2D eigenvalue weighted by Crippen LogP contribution is 2.35. The predicted octanol–water partition coefficient (Wildman–Crippen LogP) is 4.50. The molecule has 0 bridgehead atoms. The van der Waals surface area contributed by atoms with Crippen LogP contribution in [0.3, 0.4) is 0 Å². The maximum Gasteiger partial charge on any atom is 0.336 e. The smallest absolute Gasteiger partial charge is 0.336 e. The minimum atomic E-state index is -2.60. The van der Waals surface area contributed by atoms with E-state index in [1.54, 1.807) is 13.0 Å². The Kier molecular flexibility index (Phi) is 4.42. The van der Waals surface area contributed by atoms with Crippen molar-refractivity contribution in [3.8, 4) is 0 Å². The first-order chi connectivity index (χ1) is 11.2. The van der Waals surface area contributed by atoms with Gasteiger partial charge >= 0.3 is 5.97 Å². The molecule has 0 saturated carbocycles. The number of hydrogen-bond acceptors (Lipinski definition) is 2. The molecule has 0 aromatic carbocycles. The summed E-state index contributed by atoms with van der Waals surface area (Å²) in [5, 5.41) is 9.48. The number of hydrogen-bond donors (Lipinski definition) is 1. The Labute approximate surface area is 147 Å². The molecule has 7 heteroatoms. The molecule has 0 amide bonds. The van der Waals surface area contributed by atoms with Gasteiger partial charge < -0.3 is 9.51 Å². The van der Waals surface area contributed by atoms with Crippen molar-refractivity contribution in [2.75, 3.05) is 13.1 Å². The van der Waals surface area contributed by atoms with Crippen LogP contribution in [0.1, 0.15) is 47.4 Å². The molecule has 24 heavy (non-hydrogen) atoms. The van der Waals surface area contributed by atoms with Crippen LogP contribution >= 0.6 is 15.9 Å². The van der Waals surface area contributed by atoms with Gasteiger partial charge in [0.2, 0.25) is 0 Å². The topological polar surface area (TPSA) is 44.9 Å². The molecular formula is C17H19BrF2N2O2. The first kappa shape index (κ1) is 17.4. The number of piperidine rings is 1. The summed E-state index contributed by atoms with van der Waals surface area (Å²) in [7, 11) is 0. The van der Waals surface area contributed by atoms with Gasteiger partial charge in [0.1, 0.15) is 0 Å². The van der Waals surface area contributed by atoms with E-state index in [0.717, 1.165) is 15.7 Å². The molecule has 1 unspecified atom stereocenters. The standard InChI is InChI=1S/C17H19BrF2N2O2/c1-10-14(16(23)24)8-13-7-12(18)9-22(13)15(10)11(2)21-5-3-17(19,20)4-6-21/h7-9,11H,3-6H2,1-2H3,(H,23,24). The monoisotopic (exact) mass is 400 g/mol. The molecule has 2 aromatic rings. The second-order valence-corrected chi connectivity index (χ2v) is 7.31. The number of carbonyl (C=O) groups is 1. The van der Waals surface area contributed by atoms with Crippen molar-refractivity contribution in [3.05, 3.63) is 39.6 Å². The predicted molar refractivity (Wildman–Crippen MR) is 91.0 cm³/mol. The molecular weight excluding hydrogens is 382 g/mol. The first-order valence-corrected chi connectivity index (χ1v) is 8.65. The lowest BCUT2D eigenvalue weighted by molar-refractivity contribution is -0.0624. The summed E-state index contributed by atoms with van der Waals surface area (Å²) in [5.74, 6) is -3.58. The van der Waals surface area contributed by atoms with E-state index < -0.39 is 11.9 Å². The van der Waals surface area contributed by atoms with Crippen molar-refractivity contribution >= 4 is 27.4 Å². The fourth-order valence-electron chi connectivity index (χ4n) is 3.49. The van der Waals surface area contributed by atoms with E-state index in [-0.39, 0.29) is 24.4 Å². The molecule has 1 fully saturated rings. The molecule has 3 heterocycles. The highest BCUT2D eigenvalue weighted by molar-refractivity contribution is 9.10. The summed E-state index contributed by atoms with van der Waals surface area (Å²) in [6, 6.07) is 3.34. The molecule has 1 atom stereocenters. The lowest BCUT2D eigenvalue weighted by Gasteiger charge is -2.36. The van der Waals surface area contributed by atoms with Gasteiger partial charge in [-0.25, -0.2) is 13.6 Å². The van der Waals surface area contributed by atoms with Gasteiger partial charge in [-0.05, 0) is 47.5 Å². The molecule has 0 aliphatic carbocycles. The summed E-state index contributed by atoms with van der Waals surface area (Å²) in [6.07, 6.45) is 1.57. The molecule has 2 aromatic heterocycles. The van der Waals surface area contributed by atoms with Crippen LogP contribution in [-0.4, -0.2) is 39.4 Å². The van der Waals surface area contributed by atoms with Gasteiger partial charge in [0, 0.05) is 53.9 Å². The van der Waals surface area contributed by atoms with Gasteiger partial charge in [0.25, 0.3) is 5.92 Å². The lowest BCUT2D eigenvalue weighted by atomic mass is 9.99. The Bertz CT molecular complexity index is 793. The normalized spacial score (nSPS) is 19.5. The number of nitrogens with zero attached hydrogens (tertiary/aromatic N) is 2. The number of aromatic nitrogens is 1. The largest absolute Gasteiger partial charge is 0.478 e. The zero-order valence-corrected chi connectivity index (χ0v) is 15.1. The zero-order chi connectivity index (χ0) is 17.6. The quantitative estimate of drug-likeness (QED) is 0.824. The molecule has 4 nitrogen and oxygen atoms in total. The second kappa shape index (κ2) is 6.11. The molecule has 1 saturated heterocycles. The minimum Gasteiger partial charge on any atom is -0.478 e. The molecule has 130 valence electrons. The summed E-state index contributed by atoms with van der Waals surface area (Å²) in [4.78, 5) is 13.6. The Hall–Kier alpha value is -1.47. The maximum absolute atomic E-state index is 13.4. The molecule has 0 radical (unpaired) electrons. The van der Waals surface area contributed by atoms with Gasteiger partial charge in [0.05, 0.1) is 5.56 Å². The van der Waals surface area contributed by atoms with Crippen molar-refractivity contribution in [1.82, 2.24) is 9.30 Å². The summed E-state index contributed by atoms with van der Waals surface area (Å²) >= 11 is 3.42. The highest BCUT2D eigenvalue weighted by Gasteiger charge is 2.36. The molecule has 1 aliphatic rings. The van der Waals surface area contributed by atoms with Gasteiger partial charge in [-0.15, -0.1) is 0 Å². The number of pyridine rings is 1. The van der Waals surface area contributed by atoms with Crippen molar-refractivity contribution in [2.24, 2.45) is 0 Å². The lowest BCUT2D eigenvalue weighted by Crippen LogP contribution is -2.41. The SMILES string of the molecule is Cc1c(C(=O)O)cc2cc(Br)cn2c1C(C)N1CCC(F)(F)CC1. The van der Waals surface area contributed by atoms with Crippen LogP contribution < -0.4 is 0 Å². The minimum absolute atomic E-state index is 0.151. The fourth-order valence-corrected chi connectivity index (χ4v) is 3.93. The van der Waals surface area contributed by atoms with E-state index in [4.69, 9.17) is 0 Å². The number of likely N-dealkylation sites (tertiary alicyclic amines) is 1. The van der Waals surface area contributed by atoms with E-state index >= 15 is 0 Å². The highest BCUT2D eigenvalue weighted by atomic mass is 79.9. The number of rotatable bonds is 3. The number of aromatic carboxylic acids is 1. The molecule has 1 aliphatic heterocycles. The van der Waals surface area contributed by atoms with Crippen LogP contribution in [-0.2, 0) is 0 Å². The Morgan fingerprint density at radius 2 is 1.96 bits per heavy atom. The van der Waals surface area contributed by atoms with Gasteiger partial charge in [-0.1, -0.05) is 0 Å². The summed E-state index contributed by atoms with van der Waals surface area (Å²) in [5.41, 5.74) is 2.52. The molecule has 0 spiro atoms. The average molecular weight is 401 g/mol. The molecule has 3 rings (SSSR count). The van der Waals surface area contributed by atoms with E-state index in [2.05, 4.69) is 15.9 Å². The Morgan fingerprint density at radius 3 is 2.54 bits per heavy atom. The van der Waals surface area contributed by atoms with Crippen LogP contribution in [0.25, 0.3) is 5.52 Å². The van der Waals surface area contributed by atoms with Crippen molar-refractivity contribution in [3.63, 3.8) is 0 Å². The van der Waals surface area contributed by atoms with Crippen molar-refractivity contribution < 1.29 is 18.7 Å². The fraction of sp³-hybridized carbons (Fsp3) is 0.471. The number of carboxylic acid groups (broad SMARTS) is 1. The Balaban J connectivity index is 2.07. The third kappa shape index (κ3) is 3.07. The van der Waals surface area contributed by atoms with Gasteiger partial charge in [-0.3, -0.25) is 4.90 Å². The van der Waals surface area contributed by atoms with Crippen LogP contribution in [0.5, 0.6) is 0 Å². The number of carboxylic acids is 1. The summed E-state index contributed by atoms with van der Waals surface area (Å²) < 4.78 is 29.7. The third-order valence-electron chi connectivity index (χ3n) is 4.86. The van der Waals surface area contributed by atoms with E-state index in [1.165, 1.54) is 0 Å². The number of fused-ring (bicyclic) bond motifs is 1. The van der Waals surface area contributed by atoms with E-state index in [9.17, 15) is 18.7 Å².